The summed E-state index contributed by atoms with van der Waals surface area (Å²) in [4.78, 5) is 0. The fraction of sp³-hybridized carbons (Fsp3) is 0.684. The number of sulfone groups is 1. The van der Waals surface area contributed by atoms with Crippen LogP contribution in [-0.4, -0.2) is 43.0 Å². The van der Waals surface area contributed by atoms with Gasteiger partial charge in [0.15, 0.2) is 15.6 Å². The third-order valence-electron chi connectivity index (χ3n) is 5.33. The number of rotatable bonds is 7. The molecule has 1 heterocycles. The highest BCUT2D eigenvalue weighted by molar-refractivity contribution is 7.94. The van der Waals surface area contributed by atoms with Crippen molar-refractivity contribution in [3.63, 3.8) is 0 Å². The molecule has 0 aromatic heterocycles. The molecule has 2 aliphatic rings. The van der Waals surface area contributed by atoms with Crippen molar-refractivity contribution in [3.8, 4) is 0 Å². The number of hydrogen-bond acceptors (Lipinski definition) is 5. The van der Waals surface area contributed by atoms with Crippen molar-refractivity contribution < 1.29 is 22.6 Å². The Hall–Kier alpha value is -0.950. The van der Waals surface area contributed by atoms with Gasteiger partial charge in [0.25, 0.3) is 0 Å². The second-order valence-corrected chi connectivity index (χ2v) is 11.0. The molecule has 3 rings (SSSR count). The maximum absolute atomic E-state index is 13.4. The van der Waals surface area contributed by atoms with E-state index in [1.54, 1.807) is 13.8 Å². The van der Waals surface area contributed by atoms with Gasteiger partial charge in [0.2, 0.25) is 0 Å². The summed E-state index contributed by atoms with van der Waals surface area (Å²) in [5.74, 6) is -0.738. The Balaban J connectivity index is 1.68. The summed E-state index contributed by atoms with van der Waals surface area (Å²) < 4.78 is 42.1. The summed E-state index contributed by atoms with van der Waals surface area (Å²) in [5, 5.41) is 0. The molecule has 1 aliphatic heterocycles. The Kier molecular flexibility index (Phi) is 4.77. The normalized spacial score (nSPS) is 25.0. The highest BCUT2D eigenvalue weighted by atomic mass is 32.2. The van der Waals surface area contributed by atoms with E-state index in [1.807, 2.05) is 44.2 Å². The van der Waals surface area contributed by atoms with Crippen LogP contribution in [-0.2, 0) is 30.7 Å². The van der Waals surface area contributed by atoms with Crippen molar-refractivity contribution in [2.24, 2.45) is 0 Å². The van der Waals surface area contributed by atoms with Crippen molar-refractivity contribution in [1.29, 1.82) is 0 Å². The lowest BCUT2D eigenvalue weighted by Gasteiger charge is -2.34. The highest BCUT2D eigenvalue weighted by Crippen LogP contribution is 2.50. The van der Waals surface area contributed by atoms with Crippen molar-refractivity contribution in [3.05, 3.63) is 35.9 Å². The van der Waals surface area contributed by atoms with Gasteiger partial charge in [0.1, 0.15) is 6.10 Å². The molecule has 25 heavy (non-hydrogen) atoms. The maximum atomic E-state index is 13.4. The first kappa shape index (κ1) is 18.8. The van der Waals surface area contributed by atoms with Crippen LogP contribution in [0.4, 0.5) is 0 Å². The van der Waals surface area contributed by atoms with Gasteiger partial charge in [0, 0.05) is 0 Å². The number of ether oxygens (including phenoxy) is 3. The zero-order valence-corrected chi connectivity index (χ0v) is 16.3. The molecule has 1 atom stereocenters. The highest BCUT2D eigenvalue weighted by Gasteiger charge is 2.63. The monoisotopic (exact) mass is 368 g/mol. The van der Waals surface area contributed by atoms with Crippen LogP contribution in [0.25, 0.3) is 0 Å². The first-order valence-electron chi connectivity index (χ1n) is 8.77. The molecule has 1 aromatic carbocycles. The SMILES string of the molecule is CC1(C)OCC(C(C)(C)S(=O)(=O)C2(COCc3ccccc3)CC2)O1. The molecular weight excluding hydrogens is 340 g/mol. The molecule has 0 bridgehead atoms. The van der Waals surface area contributed by atoms with Gasteiger partial charge < -0.3 is 14.2 Å². The third-order valence-corrected chi connectivity index (χ3v) is 8.65. The Bertz CT molecular complexity index is 705. The van der Waals surface area contributed by atoms with E-state index >= 15 is 0 Å². The summed E-state index contributed by atoms with van der Waals surface area (Å²) in [7, 11) is -3.44. The molecular formula is C19H28O5S. The second kappa shape index (κ2) is 6.34. The van der Waals surface area contributed by atoms with Crippen LogP contribution in [0.3, 0.4) is 0 Å². The summed E-state index contributed by atoms with van der Waals surface area (Å²) in [6, 6.07) is 9.80. The van der Waals surface area contributed by atoms with Gasteiger partial charge in [-0.3, -0.25) is 0 Å². The van der Waals surface area contributed by atoms with Crippen molar-refractivity contribution in [2.75, 3.05) is 13.2 Å². The van der Waals surface area contributed by atoms with Crippen LogP contribution >= 0.6 is 0 Å². The molecule has 1 saturated heterocycles. The van der Waals surface area contributed by atoms with E-state index in [2.05, 4.69) is 0 Å². The van der Waals surface area contributed by atoms with Gasteiger partial charge in [-0.1, -0.05) is 30.3 Å². The Morgan fingerprint density at radius 1 is 1.20 bits per heavy atom. The standard InChI is InChI=1S/C19H28O5S/c1-17(2,16-13-23-18(3,4)24-16)25(20,21)19(10-11-19)14-22-12-15-8-6-5-7-9-15/h5-9,16H,10-14H2,1-4H3. The van der Waals surface area contributed by atoms with E-state index in [-0.39, 0.29) is 6.61 Å². The summed E-state index contributed by atoms with van der Waals surface area (Å²) in [6.45, 7) is 8.06. The van der Waals surface area contributed by atoms with E-state index in [9.17, 15) is 8.42 Å². The second-order valence-electron chi connectivity index (χ2n) is 8.09. The molecule has 1 saturated carbocycles. The van der Waals surface area contributed by atoms with Gasteiger partial charge in [-0.05, 0) is 46.1 Å². The molecule has 1 aromatic rings. The lowest BCUT2D eigenvalue weighted by atomic mass is 10.1. The molecule has 0 N–H and O–H groups in total. The summed E-state index contributed by atoms with van der Waals surface area (Å²) in [6.07, 6.45) is 0.814. The number of hydrogen-bond donors (Lipinski definition) is 0. The van der Waals surface area contributed by atoms with Gasteiger partial charge in [-0.2, -0.15) is 0 Å². The summed E-state index contributed by atoms with van der Waals surface area (Å²) >= 11 is 0. The Labute approximate surface area is 150 Å². The van der Waals surface area contributed by atoms with E-state index in [0.717, 1.165) is 5.56 Å². The molecule has 0 amide bonds. The van der Waals surface area contributed by atoms with Crippen LogP contribution in [0.15, 0.2) is 30.3 Å². The molecule has 1 unspecified atom stereocenters. The largest absolute Gasteiger partial charge is 0.375 e. The van der Waals surface area contributed by atoms with Crippen LogP contribution in [0, 0.1) is 0 Å². The minimum Gasteiger partial charge on any atom is -0.375 e. The first-order valence-corrected chi connectivity index (χ1v) is 10.3. The molecule has 5 nitrogen and oxygen atoms in total. The lowest BCUT2D eigenvalue weighted by molar-refractivity contribution is -0.141. The van der Waals surface area contributed by atoms with Crippen LogP contribution in [0.1, 0.15) is 46.1 Å². The topological polar surface area (TPSA) is 61.8 Å². The third kappa shape index (κ3) is 3.50. The van der Waals surface area contributed by atoms with Crippen LogP contribution < -0.4 is 0 Å². The van der Waals surface area contributed by atoms with Crippen LogP contribution in [0.2, 0.25) is 0 Å². The first-order chi connectivity index (χ1) is 11.6. The predicted molar refractivity (Wildman–Crippen MR) is 96.0 cm³/mol. The summed E-state index contributed by atoms with van der Waals surface area (Å²) in [5.41, 5.74) is 1.05. The van der Waals surface area contributed by atoms with Gasteiger partial charge in [0.05, 0.1) is 29.3 Å². The average molecular weight is 368 g/mol. The van der Waals surface area contributed by atoms with E-state index < -0.39 is 31.2 Å². The molecule has 0 radical (unpaired) electrons. The molecule has 0 spiro atoms. The maximum Gasteiger partial charge on any atom is 0.166 e. The molecule has 1 aliphatic carbocycles. The van der Waals surface area contributed by atoms with Gasteiger partial charge in [-0.25, -0.2) is 8.42 Å². The van der Waals surface area contributed by atoms with Crippen molar-refractivity contribution in [1.82, 2.24) is 0 Å². The Morgan fingerprint density at radius 3 is 2.36 bits per heavy atom. The average Bonchev–Trinajstić information content (AvgIpc) is 3.25. The van der Waals surface area contributed by atoms with Gasteiger partial charge in [-0.15, -0.1) is 0 Å². The minimum atomic E-state index is -3.44. The molecule has 2 fully saturated rings. The van der Waals surface area contributed by atoms with Gasteiger partial charge >= 0.3 is 0 Å². The number of benzene rings is 1. The zero-order chi connectivity index (χ0) is 18.3. The lowest BCUT2D eigenvalue weighted by Crippen LogP contribution is -2.52. The van der Waals surface area contributed by atoms with Crippen molar-refractivity contribution >= 4 is 9.84 Å². The zero-order valence-electron chi connectivity index (χ0n) is 15.4. The quantitative estimate of drug-likeness (QED) is 0.740. The van der Waals surface area contributed by atoms with E-state index in [0.29, 0.717) is 26.1 Å². The fourth-order valence-corrected chi connectivity index (χ4v) is 5.78. The smallest absolute Gasteiger partial charge is 0.166 e. The van der Waals surface area contributed by atoms with E-state index in [4.69, 9.17) is 14.2 Å². The fourth-order valence-electron chi connectivity index (χ4n) is 3.32. The Morgan fingerprint density at radius 2 is 1.84 bits per heavy atom. The molecule has 6 heteroatoms. The molecule has 140 valence electrons. The van der Waals surface area contributed by atoms with Crippen LogP contribution in [0.5, 0.6) is 0 Å². The predicted octanol–water partition coefficient (Wildman–Crippen LogP) is 3.08. The van der Waals surface area contributed by atoms with E-state index in [1.165, 1.54) is 0 Å². The minimum absolute atomic E-state index is 0.227. The van der Waals surface area contributed by atoms with Crippen molar-refractivity contribution in [2.45, 2.75) is 68.5 Å².